The SMILES string of the molecule is N#Cc1cc(Br)ccc1NC(=O)c1cnccc1Cl. The molecule has 1 amide bonds. The first kappa shape index (κ1) is 13.5. The van der Waals surface area contributed by atoms with Gasteiger partial charge in [0.25, 0.3) is 5.91 Å². The van der Waals surface area contributed by atoms with E-state index in [1.165, 1.54) is 18.5 Å². The fourth-order valence-corrected chi connectivity index (χ4v) is 2.00. The lowest BCUT2D eigenvalue weighted by Crippen LogP contribution is -2.13. The summed E-state index contributed by atoms with van der Waals surface area (Å²) in [6, 6.07) is 8.55. The predicted octanol–water partition coefficient (Wildman–Crippen LogP) is 3.62. The van der Waals surface area contributed by atoms with Gasteiger partial charge in [-0.15, -0.1) is 0 Å². The topological polar surface area (TPSA) is 65.8 Å². The van der Waals surface area contributed by atoms with E-state index in [4.69, 9.17) is 16.9 Å². The molecule has 0 saturated carbocycles. The lowest BCUT2D eigenvalue weighted by atomic mass is 10.2. The predicted molar refractivity (Wildman–Crippen MR) is 76.1 cm³/mol. The second-order valence-electron chi connectivity index (χ2n) is 3.61. The van der Waals surface area contributed by atoms with E-state index in [1.807, 2.05) is 6.07 Å². The Kier molecular flexibility index (Phi) is 4.15. The Morgan fingerprint density at radius 1 is 1.42 bits per heavy atom. The third kappa shape index (κ3) is 3.11. The number of anilines is 1. The number of rotatable bonds is 2. The number of benzene rings is 1. The van der Waals surface area contributed by atoms with Gasteiger partial charge in [0.2, 0.25) is 0 Å². The van der Waals surface area contributed by atoms with E-state index in [9.17, 15) is 4.79 Å². The van der Waals surface area contributed by atoms with Crippen molar-refractivity contribution < 1.29 is 4.79 Å². The molecule has 0 bridgehead atoms. The molecule has 1 aromatic carbocycles. The van der Waals surface area contributed by atoms with Crippen molar-refractivity contribution in [1.82, 2.24) is 4.98 Å². The van der Waals surface area contributed by atoms with Crippen LogP contribution in [0.1, 0.15) is 15.9 Å². The summed E-state index contributed by atoms with van der Waals surface area (Å²) in [5, 5.41) is 12.0. The number of amides is 1. The summed E-state index contributed by atoms with van der Waals surface area (Å²) in [6.45, 7) is 0. The highest BCUT2D eigenvalue weighted by molar-refractivity contribution is 9.10. The summed E-state index contributed by atoms with van der Waals surface area (Å²) >= 11 is 9.18. The maximum Gasteiger partial charge on any atom is 0.258 e. The van der Waals surface area contributed by atoms with Crippen LogP contribution in [0.15, 0.2) is 41.1 Å². The molecular weight excluding hydrogens is 330 g/mol. The quantitative estimate of drug-likeness (QED) is 0.911. The molecule has 1 aromatic heterocycles. The van der Waals surface area contributed by atoms with Crippen molar-refractivity contribution in [2.24, 2.45) is 0 Å². The van der Waals surface area contributed by atoms with E-state index < -0.39 is 5.91 Å². The van der Waals surface area contributed by atoms with Crippen molar-refractivity contribution in [3.05, 3.63) is 57.3 Å². The molecule has 0 atom stereocenters. The number of nitrogens with zero attached hydrogens (tertiary/aromatic N) is 2. The smallest absolute Gasteiger partial charge is 0.258 e. The van der Waals surface area contributed by atoms with Gasteiger partial charge in [-0.05, 0) is 24.3 Å². The summed E-state index contributed by atoms with van der Waals surface area (Å²) in [6.07, 6.45) is 2.88. The molecule has 2 rings (SSSR count). The standard InChI is InChI=1S/C13H7BrClN3O/c14-9-1-2-12(8(5-9)6-16)18-13(19)10-7-17-4-3-11(10)15/h1-5,7H,(H,18,19). The monoisotopic (exact) mass is 335 g/mol. The molecule has 6 heteroatoms. The highest BCUT2D eigenvalue weighted by atomic mass is 79.9. The highest BCUT2D eigenvalue weighted by Gasteiger charge is 2.12. The Bertz CT molecular complexity index is 682. The number of halogens is 2. The maximum atomic E-state index is 12.0. The zero-order chi connectivity index (χ0) is 13.8. The van der Waals surface area contributed by atoms with Gasteiger partial charge in [0.05, 0.1) is 21.8 Å². The Morgan fingerprint density at radius 3 is 2.89 bits per heavy atom. The molecule has 1 heterocycles. The number of hydrogen-bond acceptors (Lipinski definition) is 3. The van der Waals surface area contributed by atoms with Crippen LogP contribution in [-0.4, -0.2) is 10.9 Å². The highest BCUT2D eigenvalue weighted by Crippen LogP contribution is 2.22. The molecule has 4 nitrogen and oxygen atoms in total. The summed E-state index contributed by atoms with van der Waals surface area (Å²) in [5.41, 5.74) is 1.05. The molecule has 1 N–H and O–H groups in total. The van der Waals surface area contributed by atoms with Crippen LogP contribution in [0.2, 0.25) is 5.02 Å². The van der Waals surface area contributed by atoms with Crippen LogP contribution in [0.5, 0.6) is 0 Å². The van der Waals surface area contributed by atoms with Gasteiger partial charge < -0.3 is 5.32 Å². The number of hydrogen-bond donors (Lipinski definition) is 1. The van der Waals surface area contributed by atoms with Crippen molar-refractivity contribution in [2.75, 3.05) is 5.32 Å². The van der Waals surface area contributed by atoms with Crippen molar-refractivity contribution in [2.45, 2.75) is 0 Å². The molecule has 0 saturated heterocycles. The third-order valence-electron chi connectivity index (χ3n) is 2.36. The Morgan fingerprint density at radius 2 is 2.21 bits per heavy atom. The molecule has 0 aliphatic heterocycles. The number of nitriles is 1. The second kappa shape index (κ2) is 5.83. The molecule has 0 aliphatic carbocycles. The van der Waals surface area contributed by atoms with Gasteiger partial charge in [-0.1, -0.05) is 27.5 Å². The number of aromatic nitrogens is 1. The molecule has 0 radical (unpaired) electrons. The summed E-state index contributed by atoms with van der Waals surface area (Å²) in [5.74, 6) is -0.406. The minimum atomic E-state index is -0.406. The normalized spacial score (nSPS) is 9.74. The van der Waals surface area contributed by atoms with Gasteiger partial charge in [0.1, 0.15) is 6.07 Å². The van der Waals surface area contributed by atoms with Gasteiger partial charge in [0, 0.05) is 16.9 Å². The average molecular weight is 337 g/mol. The third-order valence-corrected chi connectivity index (χ3v) is 3.19. The Hall–Kier alpha value is -1.90. The first-order chi connectivity index (χ1) is 9.11. The summed E-state index contributed by atoms with van der Waals surface area (Å²) in [4.78, 5) is 15.9. The van der Waals surface area contributed by atoms with E-state index in [2.05, 4.69) is 26.2 Å². The average Bonchev–Trinajstić information content (AvgIpc) is 2.41. The minimum absolute atomic E-state index is 0.260. The maximum absolute atomic E-state index is 12.0. The van der Waals surface area contributed by atoms with E-state index in [-0.39, 0.29) is 5.56 Å². The van der Waals surface area contributed by atoms with Gasteiger partial charge in [-0.25, -0.2) is 0 Å². The summed E-state index contributed by atoms with van der Waals surface area (Å²) in [7, 11) is 0. The van der Waals surface area contributed by atoms with Crippen molar-refractivity contribution in [3.63, 3.8) is 0 Å². The van der Waals surface area contributed by atoms with E-state index in [1.54, 1.807) is 18.2 Å². The number of carbonyl (C=O) groups is 1. The molecule has 0 aliphatic rings. The molecule has 0 spiro atoms. The largest absolute Gasteiger partial charge is 0.321 e. The first-order valence-electron chi connectivity index (χ1n) is 5.22. The van der Waals surface area contributed by atoms with Crippen molar-refractivity contribution in [1.29, 1.82) is 5.26 Å². The van der Waals surface area contributed by atoms with Gasteiger partial charge in [0.15, 0.2) is 0 Å². The number of pyridine rings is 1. The fraction of sp³-hybridized carbons (Fsp3) is 0. The van der Waals surface area contributed by atoms with Crippen molar-refractivity contribution >= 4 is 39.1 Å². The van der Waals surface area contributed by atoms with Crippen LogP contribution in [0, 0.1) is 11.3 Å². The number of nitrogens with one attached hydrogen (secondary N) is 1. The molecule has 0 unspecified atom stereocenters. The molecule has 2 aromatic rings. The van der Waals surface area contributed by atoms with E-state index in [0.717, 1.165) is 4.47 Å². The zero-order valence-electron chi connectivity index (χ0n) is 9.52. The van der Waals surface area contributed by atoms with Gasteiger partial charge in [-0.2, -0.15) is 5.26 Å². The van der Waals surface area contributed by atoms with E-state index >= 15 is 0 Å². The van der Waals surface area contributed by atoms with Gasteiger partial charge in [-0.3, -0.25) is 9.78 Å². The van der Waals surface area contributed by atoms with E-state index in [0.29, 0.717) is 16.3 Å². The van der Waals surface area contributed by atoms with Crippen LogP contribution in [0.4, 0.5) is 5.69 Å². The molecule has 19 heavy (non-hydrogen) atoms. The van der Waals surface area contributed by atoms with Crippen molar-refractivity contribution in [3.8, 4) is 6.07 Å². The van der Waals surface area contributed by atoms with Crippen LogP contribution >= 0.6 is 27.5 Å². The van der Waals surface area contributed by atoms with Crippen LogP contribution < -0.4 is 5.32 Å². The molecule has 94 valence electrons. The van der Waals surface area contributed by atoms with Crippen LogP contribution in [-0.2, 0) is 0 Å². The lowest BCUT2D eigenvalue weighted by Gasteiger charge is -2.08. The molecular formula is C13H7BrClN3O. The summed E-state index contributed by atoms with van der Waals surface area (Å²) < 4.78 is 0.765. The van der Waals surface area contributed by atoms with Crippen LogP contribution in [0.3, 0.4) is 0 Å². The molecule has 0 fully saturated rings. The lowest BCUT2D eigenvalue weighted by molar-refractivity contribution is 0.102. The van der Waals surface area contributed by atoms with Crippen LogP contribution in [0.25, 0.3) is 0 Å². The Balaban J connectivity index is 2.30. The Labute approximate surface area is 123 Å². The fourth-order valence-electron chi connectivity index (χ4n) is 1.45. The number of carbonyl (C=O) groups excluding carboxylic acids is 1. The van der Waals surface area contributed by atoms with Gasteiger partial charge >= 0.3 is 0 Å². The second-order valence-corrected chi connectivity index (χ2v) is 4.93. The zero-order valence-corrected chi connectivity index (χ0v) is 11.9. The minimum Gasteiger partial charge on any atom is -0.321 e. The first-order valence-corrected chi connectivity index (χ1v) is 6.39.